The van der Waals surface area contributed by atoms with Gasteiger partial charge >= 0.3 is 12.0 Å². The molecule has 0 aliphatic heterocycles. The lowest BCUT2D eigenvalue weighted by Crippen LogP contribution is -2.07. The third-order valence-corrected chi connectivity index (χ3v) is 4.74. The lowest BCUT2D eigenvalue weighted by atomic mass is 10.1. The first-order chi connectivity index (χ1) is 15.5. The molecule has 0 saturated carbocycles. The maximum atomic E-state index is 11.9. The van der Waals surface area contributed by atoms with Crippen molar-refractivity contribution in [2.24, 2.45) is 0 Å². The summed E-state index contributed by atoms with van der Waals surface area (Å²) in [5.74, 6) is 0.770. The van der Waals surface area contributed by atoms with Crippen molar-refractivity contribution in [3.63, 3.8) is 0 Å². The molecule has 3 rings (SSSR count). The Hall–Kier alpha value is -3.52. The number of rotatable bonds is 10. The van der Waals surface area contributed by atoms with Crippen LogP contribution in [-0.2, 0) is 11.3 Å². The Bertz CT molecular complexity index is 1040. The van der Waals surface area contributed by atoms with Crippen molar-refractivity contribution in [2.75, 3.05) is 26.1 Å². The third-order valence-electron chi connectivity index (χ3n) is 4.38. The van der Waals surface area contributed by atoms with Crippen molar-refractivity contribution in [2.45, 2.75) is 19.9 Å². The van der Waals surface area contributed by atoms with Crippen LogP contribution >= 0.6 is 11.6 Å². The summed E-state index contributed by atoms with van der Waals surface area (Å²) < 4.78 is 21.3. The molecule has 8 nitrogen and oxygen atoms in total. The fraction of sp³-hybridized carbons (Fsp3) is 0.261. The van der Waals surface area contributed by atoms with E-state index in [9.17, 15) is 4.79 Å². The van der Waals surface area contributed by atoms with Gasteiger partial charge in [-0.05, 0) is 42.8 Å². The Morgan fingerprint density at radius 3 is 2.34 bits per heavy atom. The average Bonchev–Trinajstić information content (AvgIpc) is 2.82. The Balaban J connectivity index is 1.74. The molecule has 1 heterocycles. The molecule has 3 aromatic rings. The van der Waals surface area contributed by atoms with Crippen LogP contribution in [0.4, 0.5) is 5.69 Å². The van der Waals surface area contributed by atoms with Gasteiger partial charge in [0.25, 0.3) is 0 Å². The lowest BCUT2D eigenvalue weighted by Gasteiger charge is -2.14. The molecular formula is C23H24ClN3O5. The number of hydrogen-bond acceptors (Lipinski definition) is 8. The normalized spacial score (nSPS) is 10.4. The van der Waals surface area contributed by atoms with E-state index in [1.807, 2.05) is 6.92 Å². The Morgan fingerprint density at radius 1 is 1.03 bits per heavy atom. The van der Waals surface area contributed by atoms with Crippen LogP contribution in [0.3, 0.4) is 0 Å². The van der Waals surface area contributed by atoms with Crippen LogP contribution in [0.2, 0.25) is 5.02 Å². The second kappa shape index (κ2) is 11.2. The van der Waals surface area contributed by atoms with Crippen molar-refractivity contribution in [1.82, 2.24) is 9.97 Å². The van der Waals surface area contributed by atoms with Crippen LogP contribution in [0.5, 0.6) is 23.5 Å². The molecule has 0 aliphatic rings. The highest BCUT2D eigenvalue weighted by atomic mass is 35.5. The SMILES string of the molecule is CCCOC(=O)c1ccc(NCc2c(Cl)cccc2Oc2nc(OC)cc(OC)n2)cc1. The summed E-state index contributed by atoms with van der Waals surface area (Å²) in [5, 5.41) is 3.79. The summed E-state index contributed by atoms with van der Waals surface area (Å²) in [6.07, 6.45) is 0.779. The van der Waals surface area contributed by atoms with Gasteiger partial charge in [-0.2, -0.15) is 9.97 Å². The first kappa shape index (κ1) is 23.1. The summed E-state index contributed by atoms with van der Waals surface area (Å²) in [6, 6.07) is 14.0. The zero-order valence-corrected chi connectivity index (χ0v) is 18.8. The number of nitrogens with one attached hydrogen (secondary N) is 1. The number of ether oxygens (including phenoxy) is 4. The van der Waals surface area contributed by atoms with Crippen LogP contribution < -0.4 is 19.5 Å². The maximum absolute atomic E-state index is 11.9. The highest BCUT2D eigenvalue weighted by Gasteiger charge is 2.13. The molecule has 0 aliphatic carbocycles. The summed E-state index contributed by atoms with van der Waals surface area (Å²) >= 11 is 6.42. The molecule has 0 atom stereocenters. The van der Waals surface area contributed by atoms with Crippen LogP contribution in [-0.4, -0.2) is 36.8 Å². The molecule has 0 fully saturated rings. The van der Waals surface area contributed by atoms with E-state index in [-0.39, 0.29) is 12.0 Å². The number of benzene rings is 2. The van der Waals surface area contributed by atoms with Gasteiger partial charge in [-0.15, -0.1) is 0 Å². The quantitative estimate of drug-likeness (QED) is 0.419. The number of nitrogens with zero attached hydrogens (tertiary/aromatic N) is 2. The summed E-state index contributed by atoms with van der Waals surface area (Å²) in [7, 11) is 2.99. The van der Waals surface area contributed by atoms with E-state index in [0.717, 1.165) is 12.1 Å². The Kier molecular flexibility index (Phi) is 8.10. The fourth-order valence-corrected chi connectivity index (χ4v) is 2.97. The molecule has 0 saturated heterocycles. The number of carbonyl (C=O) groups excluding carboxylic acids is 1. The number of aromatic nitrogens is 2. The minimum Gasteiger partial charge on any atom is -0.481 e. The number of carbonyl (C=O) groups is 1. The molecule has 0 unspecified atom stereocenters. The van der Waals surface area contributed by atoms with Gasteiger partial charge < -0.3 is 24.3 Å². The first-order valence-electron chi connectivity index (χ1n) is 9.97. The zero-order valence-electron chi connectivity index (χ0n) is 18.1. The predicted molar refractivity (Wildman–Crippen MR) is 121 cm³/mol. The van der Waals surface area contributed by atoms with Gasteiger partial charge in [0.15, 0.2) is 0 Å². The van der Waals surface area contributed by atoms with E-state index < -0.39 is 0 Å². The van der Waals surface area contributed by atoms with Gasteiger partial charge in [-0.1, -0.05) is 24.6 Å². The molecule has 1 N–H and O–H groups in total. The summed E-state index contributed by atoms with van der Waals surface area (Å²) in [4.78, 5) is 20.3. The van der Waals surface area contributed by atoms with E-state index >= 15 is 0 Å². The van der Waals surface area contributed by atoms with Crippen molar-refractivity contribution < 1.29 is 23.7 Å². The van der Waals surface area contributed by atoms with Gasteiger partial charge in [0.05, 0.1) is 32.5 Å². The van der Waals surface area contributed by atoms with Crippen LogP contribution in [0.15, 0.2) is 48.5 Å². The fourth-order valence-electron chi connectivity index (χ4n) is 2.74. The molecule has 168 valence electrons. The number of hydrogen-bond donors (Lipinski definition) is 1. The summed E-state index contributed by atoms with van der Waals surface area (Å²) in [5.41, 5.74) is 2.02. The van der Waals surface area contributed by atoms with E-state index in [4.69, 9.17) is 30.5 Å². The van der Waals surface area contributed by atoms with E-state index in [1.54, 1.807) is 48.5 Å². The topological polar surface area (TPSA) is 91.8 Å². The number of anilines is 1. The minimum absolute atomic E-state index is 0.0691. The number of methoxy groups -OCH3 is 2. The molecule has 32 heavy (non-hydrogen) atoms. The van der Waals surface area contributed by atoms with Crippen molar-refractivity contribution in [1.29, 1.82) is 0 Å². The minimum atomic E-state index is -0.339. The lowest BCUT2D eigenvalue weighted by molar-refractivity contribution is 0.0505. The second-order valence-electron chi connectivity index (χ2n) is 6.62. The number of halogens is 1. The predicted octanol–water partition coefficient (Wildman–Crippen LogP) is 5.12. The van der Waals surface area contributed by atoms with Crippen LogP contribution in [0.1, 0.15) is 29.3 Å². The molecule has 0 radical (unpaired) electrons. The third kappa shape index (κ3) is 6.01. The standard InChI is InChI=1S/C23H24ClN3O5/c1-4-12-31-22(28)15-8-10-16(11-9-15)25-14-17-18(24)6-5-7-19(17)32-23-26-20(29-2)13-21(27-23)30-3/h5-11,13,25H,4,12,14H2,1-3H3. The Labute approximate surface area is 191 Å². The molecule has 0 bridgehead atoms. The largest absolute Gasteiger partial charge is 0.481 e. The second-order valence-corrected chi connectivity index (χ2v) is 7.03. The zero-order chi connectivity index (χ0) is 22.9. The highest BCUT2D eigenvalue weighted by Crippen LogP contribution is 2.31. The Morgan fingerprint density at radius 2 is 1.72 bits per heavy atom. The molecule has 9 heteroatoms. The monoisotopic (exact) mass is 457 g/mol. The van der Waals surface area contributed by atoms with Gasteiger partial charge in [-0.3, -0.25) is 0 Å². The van der Waals surface area contributed by atoms with Crippen molar-refractivity contribution in [3.8, 4) is 23.5 Å². The van der Waals surface area contributed by atoms with Gasteiger partial charge in [0.2, 0.25) is 11.8 Å². The van der Waals surface area contributed by atoms with Crippen LogP contribution in [0, 0.1) is 0 Å². The van der Waals surface area contributed by atoms with Gasteiger partial charge in [-0.25, -0.2) is 4.79 Å². The van der Waals surface area contributed by atoms with Crippen molar-refractivity contribution in [3.05, 3.63) is 64.7 Å². The molecule has 2 aromatic carbocycles. The molecular weight excluding hydrogens is 434 g/mol. The van der Waals surface area contributed by atoms with E-state index in [0.29, 0.717) is 46.8 Å². The van der Waals surface area contributed by atoms with Gasteiger partial charge in [0, 0.05) is 22.8 Å². The summed E-state index contributed by atoms with van der Waals surface area (Å²) in [6.45, 7) is 2.72. The number of esters is 1. The van der Waals surface area contributed by atoms with Gasteiger partial charge in [0.1, 0.15) is 5.75 Å². The van der Waals surface area contributed by atoms with E-state index in [1.165, 1.54) is 14.2 Å². The van der Waals surface area contributed by atoms with E-state index in [2.05, 4.69) is 15.3 Å². The van der Waals surface area contributed by atoms with Crippen molar-refractivity contribution >= 4 is 23.3 Å². The molecule has 0 amide bonds. The maximum Gasteiger partial charge on any atom is 0.338 e. The molecule has 0 spiro atoms. The molecule has 1 aromatic heterocycles. The average molecular weight is 458 g/mol. The smallest absolute Gasteiger partial charge is 0.338 e. The van der Waals surface area contributed by atoms with Crippen LogP contribution in [0.25, 0.3) is 0 Å². The first-order valence-corrected chi connectivity index (χ1v) is 10.3. The highest BCUT2D eigenvalue weighted by molar-refractivity contribution is 6.31.